The normalized spacial score (nSPS) is 13.5. The molecular formula is C26H27F2N5O4S. The Hall–Kier alpha value is -4.06. The van der Waals surface area contributed by atoms with E-state index < -0.39 is 39.8 Å². The lowest BCUT2D eigenvalue weighted by Crippen LogP contribution is -2.54. The Morgan fingerprint density at radius 1 is 1.08 bits per heavy atom. The van der Waals surface area contributed by atoms with Gasteiger partial charge in [-0.25, -0.2) is 27.6 Å². The van der Waals surface area contributed by atoms with Crippen LogP contribution in [0.3, 0.4) is 0 Å². The number of hydrogen-bond donors (Lipinski definition) is 2. The average molecular weight is 544 g/mol. The molecule has 2 N–H and O–H groups in total. The Bertz CT molecular complexity index is 1430. The fourth-order valence-electron chi connectivity index (χ4n) is 4.25. The minimum absolute atomic E-state index is 0.0936. The van der Waals surface area contributed by atoms with E-state index in [0.29, 0.717) is 18.2 Å². The number of nitrogens with one attached hydrogen (secondary N) is 2. The molecule has 200 valence electrons. The van der Waals surface area contributed by atoms with Gasteiger partial charge in [0.1, 0.15) is 23.5 Å². The van der Waals surface area contributed by atoms with E-state index in [1.54, 1.807) is 24.3 Å². The highest BCUT2D eigenvalue weighted by atomic mass is 32.2. The lowest BCUT2D eigenvalue weighted by molar-refractivity contribution is -0.120. The molecule has 1 aromatic heterocycles. The summed E-state index contributed by atoms with van der Waals surface area (Å²) < 4.78 is 56.4. The minimum Gasteiger partial charge on any atom is -0.325 e. The first kappa shape index (κ1) is 27.0. The zero-order chi connectivity index (χ0) is 27.4. The van der Waals surface area contributed by atoms with Crippen LogP contribution in [0, 0.1) is 11.6 Å². The van der Waals surface area contributed by atoms with E-state index >= 15 is 0 Å². The number of carbonyl (C=O) groups excluding carboxylic acids is 2. The van der Waals surface area contributed by atoms with Crippen molar-refractivity contribution in [3.05, 3.63) is 89.1 Å². The zero-order valence-electron chi connectivity index (χ0n) is 20.8. The van der Waals surface area contributed by atoms with E-state index in [0.717, 1.165) is 34.0 Å². The molecule has 2 aromatic carbocycles. The quantitative estimate of drug-likeness (QED) is 0.454. The first-order valence-electron chi connectivity index (χ1n) is 11.9. The summed E-state index contributed by atoms with van der Waals surface area (Å²) >= 11 is 0. The smallest absolute Gasteiger partial charge is 0.325 e. The van der Waals surface area contributed by atoms with Gasteiger partial charge in [-0.2, -0.15) is 8.42 Å². The number of fused-ring (bicyclic) bond motifs is 1. The first-order valence-corrected chi connectivity index (χ1v) is 13.4. The fourth-order valence-corrected chi connectivity index (χ4v) is 5.38. The second-order valence-corrected chi connectivity index (χ2v) is 10.4. The summed E-state index contributed by atoms with van der Waals surface area (Å²) in [5.74, 6) is -2.09. The molecule has 0 saturated heterocycles. The maximum Gasteiger partial charge on any atom is 0.330 e. The summed E-state index contributed by atoms with van der Waals surface area (Å²) in [6, 6.07) is 10.9. The van der Waals surface area contributed by atoms with Gasteiger partial charge in [0.25, 0.3) is 0 Å². The Morgan fingerprint density at radius 3 is 2.42 bits per heavy atom. The number of amides is 3. The van der Waals surface area contributed by atoms with Crippen molar-refractivity contribution < 1.29 is 26.8 Å². The maximum absolute atomic E-state index is 13.8. The Labute approximate surface area is 219 Å². The molecule has 1 atom stereocenters. The molecule has 9 nitrogen and oxygen atoms in total. The van der Waals surface area contributed by atoms with Gasteiger partial charge in [-0.3, -0.25) is 4.79 Å². The van der Waals surface area contributed by atoms with E-state index in [9.17, 15) is 26.8 Å². The zero-order valence-corrected chi connectivity index (χ0v) is 21.6. The van der Waals surface area contributed by atoms with Gasteiger partial charge in [-0.15, -0.1) is 0 Å². The van der Waals surface area contributed by atoms with E-state index in [2.05, 4.69) is 10.3 Å². The van der Waals surface area contributed by atoms with Crippen molar-refractivity contribution in [3.63, 3.8) is 0 Å². The van der Waals surface area contributed by atoms with Crippen molar-refractivity contribution in [3.8, 4) is 0 Å². The van der Waals surface area contributed by atoms with Crippen molar-refractivity contribution in [2.75, 3.05) is 22.8 Å². The number of carbonyl (C=O) groups is 2. The van der Waals surface area contributed by atoms with Crippen molar-refractivity contribution in [2.45, 2.75) is 32.2 Å². The minimum atomic E-state index is -4.35. The third kappa shape index (κ3) is 6.08. The fraction of sp³-hybridized carbons (Fsp3) is 0.269. The Morgan fingerprint density at radius 2 is 1.76 bits per heavy atom. The molecule has 1 unspecified atom stereocenters. The van der Waals surface area contributed by atoms with Crippen LogP contribution in [0.25, 0.3) is 0 Å². The van der Waals surface area contributed by atoms with Crippen LogP contribution in [-0.4, -0.2) is 45.0 Å². The number of rotatable bonds is 8. The SMILES string of the molecule is CCc1ccc(N(C)C(=O)C(Cc2cc(F)cc(F)c2)NC(=O)NS(=O)(=O)N2CCc3cccnc32)cc1. The van der Waals surface area contributed by atoms with Crippen LogP contribution in [0.5, 0.6) is 0 Å². The van der Waals surface area contributed by atoms with Crippen LogP contribution >= 0.6 is 0 Å². The third-order valence-corrected chi connectivity index (χ3v) is 7.61. The third-order valence-electron chi connectivity index (χ3n) is 6.23. The summed E-state index contributed by atoms with van der Waals surface area (Å²) in [6.45, 7) is 2.09. The number of halogens is 2. The number of urea groups is 1. The number of aromatic nitrogens is 1. The van der Waals surface area contributed by atoms with Gasteiger partial charge in [0.15, 0.2) is 0 Å². The highest BCUT2D eigenvalue weighted by Crippen LogP contribution is 2.26. The van der Waals surface area contributed by atoms with E-state index in [1.807, 2.05) is 23.8 Å². The molecule has 0 saturated carbocycles. The topological polar surface area (TPSA) is 112 Å². The van der Waals surface area contributed by atoms with Crippen LogP contribution in [-0.2, 0) is 34.3 Å². The van der Waals surface area contributed by atoms with Crippen LogP contribution in [0.1, 0.15) is 23.6 Å². The van der Waals surface area contributed by atoms with Gasteiger partial charge < -0.3 is 10.2 Å². The molecule has 0 spiro atoms. The number of likely N-dealkylation sites (N-methyl/N-ethyl adjacent to an activating group) is 1. The van der Waals surface area contributed by atoms with Crippen LogP contribution in [0.15, 0.2) is 60.8 Å². The monoisotopic (exact) mass is 543 g/mol. The summed E-state index contributed by atoms with van der Waals surface area (Å²) in [6.07, 6.45) is 2.40. The van der Waals surface area contributed by atoms with Gasteiger partial charge in [0, 0.05) is 38.0 Å². The van der Waals surface area contributed by atoms with E-state index in [4.69, 9.17) is 0 Å². The summed E-state index contributed by atoms with van der Waals surface area (Å²) in [5.41, 5.74) is 2.41. The molecule has 4 rings (SSSR count). The number of anilines is 2. The van der Waals surface area contributed by atoms with Gasteiger partial charge >= 0.3 is 16.2 Å². The lowest BCUT2D eigenvalue weighted by Gasteiger charge is -2.26. The van der Waals surface area contributed by atoms with Crippen molar-refractivity contribution in [1.29, 1.82) is 0 Å². The highest BCUT2D eigenvalue weighted by Gasteiger charge is 2.33. The largest absolute Gasteiger partial charge is 0.330 e. The van der Waals surface area contributed by atoms with Crippen molar-refractivity contribution in [2.24, 2.45) is 0 Å². The molecule has 12 heteroatoms. The molecule has 0 bridgehead atoms. The van der Waals surface area contributed by atoms with Crippen molar-refractivity contribution >= 4 is 33.7 Å². The molecule has 0 radical (unpaired) electrons. The van der Waals surface area contributed by atoms with Gasteiger partial charge in [-0.05, 0) is 59.9 Å². The van der Waals surface area contributed by atoms with Gasteiger partial charge in [0.2, 0.25) is 5.91 Å². The summed E-state index contributed by atoms with van der Waals surface area (Å²) in [7, 11) is -2.85. The standard InChI is InChI=1S/C26H27F2N5O4S/c1-3-17-6-8-22(9-7-17)32(2)25(34)23(15-18-13-20(27)16-21(28)14-18)30-26(35)31-38(36,37)33-12-10-19-5-4-11-29-24(19)33/h4-9,11,13-14,16,23H,3,10,12,15H2,1-2H3,(H2,30,31,35). The molecule has 3 aromatic rings. The van der Waals surface area contributed by atoms with Gasteiger partial charge in [-0.1, -0.05) is 25.1 Å². The van der Waals surface area contributed by atoms with Gasteiger partial charge in [0.05, 0.1) is 0 Å². The second-order valence-electron chi connectivity index (χ2n) is 8.84. The lowest BCUT2D eigenvalue weighted by atomic mass is 10.0. The van der Waals surface area contributed by atoms with Crippen LogP contribution in [0.4, 0.5) is 25.1 Å². The number of nitrogens with zero attached hydrogens (tertiary/aromatic N) is 3. The summed E-state index contributed by atoms with van der Waals surface area (Å²) in [5, 5.41) is 2.37. The molecule has 1 aliphatic heterocycles. The van der Waals surface area contributed by atoms with E-state index in [-0.39, 0.29) is 24.3 Å². The number of benzene rings is 2. The van der Waals surface area contributed by atoms with Crippen molar-refractivity contribution in [1.82, 2.24) is 15.0 Å². The number of pyridine rings is 1. The molecule has 0 aliphatic carbocycles. The summed E-state index contributed by atoms with van der Waals surface area (Å²) in [4.78, 5) is 31.6. The highest BCUT2D eigenvalue weighted by molar-refractivity contribution is 7.91. The second kappa shape index (κ2) is 11.1. The van der Waals surface area contributed by atoms with E-state index in [1.165, 1.54) is 18.1 Å². The molecule has 1 aliphatic rings. The first-order chi connectivity index (χ1) is 18.1. The van der Waals surface area contributed by atoms with Crippen LogP contribution < -0.4 is 19.2 Å². The molecule has 3 amide bonds. The Balaban J connectivity index is 1.55. The maximum atomic E-state index is 13.8. The number of hydrogen-bond acceptors (Lipinski definition) is 5. The number of aryl methyl sites for hydroxylation is 1. The molecule has 38 heavy (non-hydrogen) atoms. The average Bonchev–Trinajstić information content (AvgIpc) is 3.32. The molecular weight excluding hydrogens is 516 g/mol. The molecule has 2 heterocycles. The predicted molar refractivity (Wildman–Crippen MR) is 139 cm³/mol. The predicted octanol–water partition coefficient (Wildman–Crippen LogP) is 3.10. The molecule has 0 fully saturated rings. The van der Waals surface area contributed by atoms with Crippen LogP contribution in [0.2, 0.25) is 0 Å². The Kier molecular flexibility index (Phi) is 7.91.